The number of benzene rings is 1. The van der Waals surface area contributed by atoms with E-state index in [2.05, 4.69) is 5.32 Å². The van der Waals surface area contributed by atoms with E-state index < -0.39 is 12.0 Å². The van der Waals surface area contributed by atoms with Gasteiger partial charge in [0.1, 0.15) is 5.54 Å². The second-order valence-electron chi connectivity index (χ2n) is 4.42. The predicted molar refractivity (Wildman–Crippen MR) is 67.4 cm³/mol. The first-order valence-electron chi connectivity index (χ1n) is 6.17. The molecule has 1 N–H and O–H groups in total. The van der Waals surface area contributed by atoms with Crippen LogP contribution in [0.1, 0.15) is 37.8 Å². The number of rotatable bonds is 6. The standard InChI is InChI=1S/C14H21F2N/c1-4-10-17-14(5-2,13(15)16)12-8-6-11(3)7-9-12/h6-9,13,17H,4-5,10H2,1-3H3. The van der Waals surface area contributed by atoms with Crippen molar-refractivity contribution in [1.29, 1.82) is 0 Å². The summed E-state index contributed by atoms with van der Waals surface area (Å²) in [6.45, 7) is 6.34. The Labute approximate surface area is 102 Å². The molecule has 0 bridgehead atoms. The van der Waals surface area contributed by atoms with Gasteiger partial charge in [0.2, 0.25) is 0 Å². The molecule has 0 aliphatic heterocycles. The van der Waals surface area contributed by atoms with Gasteiger partial charge in [0, 0.05) is 0 Å². The molecular weight excluding hydrogens is 220 g/mol. The first-order chi connectivity index (χ1) is 8.06. The number of hydrogen-bond donors (Lipinski definition) is 1. The van der Waals surface area contributed by atoms with Crippen molar-refractivity contribution in [2.75, 3.05) is 6.54 Å². The predicted octanol–water partition coefficient (Wildman–Crippen LogP) is 3.87. The van der Waals surface area contributed by atoms with Crippen molar-refractivity contribution < 1.29 is 8.78 Å². The summed E-state index contributed by atoms with van der Waals surface area (Å²) in [7, 11) is 0. The zero-order chi connectivity index (χ0) is 12.9. The average molecular weight is 241 g/mol. The highest BCUT2D eigenvalue weighted by atomic mass is 19.3. The van der Waals surface area contributed by atoms with Crippen LogP contribution in [-0.4, -0.2) is 13.0 Å². The lowest BCUT2D eigenvalue weighted by molar-refractivity contribution is 0.0244. The highest BCUT2D eigenvalue weighted by molar-refractivity contribution is 5.29. The lowest BCUT2D eigenvalue weighted by Crippen LogP contribution is -2.48. The van der Waals surface area contributed by atoms with E-state index in [4.69, 9.17) is 0 Å². The Morgan fingerprint density at radius 1 is 1.18 bits per heavy atom. The molecule has 0 saturated carbocycles. The summed E-state index contributed by atoms with van der Waals surface area (Å²) in [6, 6.07) is 7.37. The second kappa shape index (κ2) is 6.10. The summed E-state index contributed by atoms with van der Waals surface area (Å²) in [4.78, 5) is 0. The SMILES string of the molecule is CCCNC(CC)(c1ccc(C)cc1)C(F)F. The molecular formula is C14H21F2N. The molecule has 0 fully saturated rings. The minimum absolute atomic E-state index is 0.383. The largest absolute Gasteiger partial charge is 0.303 e. The van der Waals surface area contributed by atoms with E-state index >= 15 is 0 Å². The monoisotopic (exact) mass is 241 g/mol. The molecule has 0 amide bonds. The third kappa shape index (κ3) is 3.03. The highest BCUT2D eigenvalue weighted by Crippen LogP contribution is 2.32. The van der Waals surface area contributed by atoms with Crippen LogP contribution in [0.25, 0.3) is 0 Å². The van der Waals surface area contributed by atoms with Crippen molar-refractivity contribution >= 4 is 0 Å². The van der Waals surface area contributed by atoms with Gasteiger partial charge in [-0.1, -0.05) is 43.7 Å². The molecule has 0 saturated heterocycles. The quantitative estimate of drug-likeness (QED) is 0.797. The van der Waals surface area contributed by atoms with Crippen LogP contribution >= 0.6 is 0 Å². The van der Waals surface area contributed by atoms with Gasteiger partial charge in [0.25, 0.3) is 6.43 Å². The van der Waals surface area contributed by atoms with Crippen LogP contribution in [0.4, 0.5) is 8.78 Å². The van der Waals surface area contributed by atoms with E-state index in [-0.39, 0.29) is 0 Å². The van der Waals surface area contributed by atoms with Crippen LogP contribution in [-0.2, 0) is 5.54 Å². The van der Waals surface area contributed by atoms with Gasteiger partial charge in [-0.2, -0.15) is 0 Å². The van der Waals surface area contributed by atoms with Gasteiger partial charge < -0.3 is 5.32 Å². The van der Waals surface area contributed by atoms with Crippen LogP contribution in [0.2, 0.25) is 0 Å². The smallest absolute Gasteiger partial charge is 0.260 e. The Bertz CT molecular complexity index is 335. The number of halogens is 2. The zero-order valence-corrected chi connectivity index (χ0v) is 10.8. The molecule has 0 aliphatic carbocycles. The molecule has 0 heterocycles. The average Bonchev–Trinajstić information content (AvgIpc) is 2.32. The second-order valence-corrected chi connectivity index (χ2v) is 4.42. The third-order valence-electron chi connectivity index (χ3n) is 3.19. The summed E-state index contributed by atoms with van der Waals surface area (Å²) in [6.07, 6.45) is -1.17. The van der Waals surface area contributed by atoms with Crippen molar-refractivity contribution in [3.05, 3.63) is 35.4 Å². The van der Waals surface area contributed by atoms with Crippen molar-refractivity contribution in [2.45, 2.75) is 45.6 Å². The highest BCUT2D eigenvalue weighted by Gasteiger charge is 2.39. The van der Waals surface area contributed by atoms with Gasteiger partial charge in [-0.15, -0.1) is 0 Å². The first kappa shape index (κ1) is 14.1. The fraction of sp³-hybridized carbons (Fsp3) is 0.571. The minimum Gasteiger partial charge on any atom is -0.303 e. The Morgan fingerprint density at radius 2 is 1.76 bits per heavy atom. The normalized spacial score (nSPS) is 14.9. The van der Waals surface area contributed by atoms with Crippen molar-refractivity contribution in [3.8, 4) is 0 Å². The molecule has 1 rings (SSSR count). The number of hydrogen-bond acceptors (Lipinski definition) is 1. The molecule has 1 aromatic rings. The minimum atomic E-state index is -2.40. The maximum atomic E-state index is 13.4. The molecule has 0 spiro atoms. The summed E-state index contributed by atoms with van der Waals surface area (Å²) in [5.74, 6) is 0. The van der Waals surface area contributed by atoms with E-state index in [0.717, 1.165) is 12.0 Å². The Balaban J connectivity index is 3.07. The molecule has 17 heavy (non-hydrogen) atoms. The molecule has 1 nitrogen and oxygen atoms in total. The molecule has 1 unspecified atom stereocenters. The fourth-order valence-electron chi connectivity index (χ4n) is 1.99. The van der Waals surface area contributed by atoms with E-state index in [1.165, 1.54) is 0 Å². The van der Waals surface area contributed by atoms with Crippen molar-refractivity contribution in [2.24, 2.45) is 0 Å². The first-order valence-corrected chi connectivity index (χ1v) is 6.17. The Kier molecular flexibility index (Phi) is 5.06. The van der Waals surface area contributed by atoms with E-state index in [1.807, 2.05) is 26.0 Å². The maximum absolute atomic E-state index is 13.4. The lowest BCUT2D eigenvalue weighted by Gasteiger charge is -2.34. The molecule has 0 aliphatic rings. The van der Waals surface area contributed by atoms with Gasteiger partial charge in [-0.3, -0.25) is 0 Å². The molecule has 0 radical (unpaired) electrons. The van der Waals surface area contributed by atoms with E-state index in [1.54, 1.807) is 19.1 Å². The molecule has 96 valence electrons. The van der Waals surface area contributed by atoms with Gasteiger partial charge in [0.15, 0.2) is 0 Å². The Hall–Kier alpha value is -0.960. The van der Waals surface area contributed by atoms with Crippen LogP contribution < -0.4 is 5.32 Å². The van der Waals surface area contributed by atoms with Gasteiger partial charge in [-0.05, 0) is 31.9 Å². The van der Waals surface area contributed by atoms with Crippen LogP contribution in [0.15, 0.2) is 24.3 Å². The summed E-state index contributed by atoms with van der Waals surface area (Å²) in [5, 5.41) is 3.02. The zero-order valence-electron chi connectivity index (χ0n) is 10.8. The van der Waals surface area contributed by atoms with Crippen LogP contribution in [0.5, 0.6) is 0 Å². The van der Waals surface area contributed by atoms with Gasteiger partial charge >= 0.3 is 0 Å². The fourth-order valence-corrected chi connectivity index (χ4v) is 1.99. The van der Waals surface area contributed by atoms with Crippen molar-refractivity contribution in [3.63, 3.8) is 0 Å². The van der Waals surface area contributed by atoms with Gasteiger partial charge in [-0.25, -0.2) is 8.78 Å². The number of alkyl halides is 2. The molecule has 1 aromatic carbocycles. The third-order valence-corrected chi connectivity index (χ3v) is 3.19. The topological polar surface area (TPSA) is 12.0 Å². The number of aryl methyl sites for hydroxylation is 1. The summed E-state index contributed by atoms with van der Waals surface area (Å²) < 4.78 is 26.8. The number of nitrogens with one attached hydrogen (secondary N) is 1. The molecule has 0 aromatic heterocycles. The van der Waals surface area contributed by atoms with Crippen LogP contribution in [0.3, 0.4) is 0 Å². The summed E-state index contributed by atoms with van der Waals surface area (Å²) in [5.41, 5.74) is 0.557. The molecule has 1 atom stereocenters. The van der Waals surface area contributed by atoms with E-state index in [9.17, 15) is 8.78 Å². The van der Waals surface area contributed by atoms with E-state index in [0.29, 0.717) is 18.5 Å². The van der Waals surface area contributed by atoms with Crippen molar-refractivity contribution in [1.82, 2.24) is 5.32 Å². The summed E-state index contributed by atoms with van der Waals surface area (Å²) >= 11 is 0. The Morgan fingerprint density at radius 3 is 2.18 bits per heavy atom. The van der Waals surface area contributed by atoms with Gasteiger partial charge in [0.05, 0.1) is 0 Å². The lowest BCUT2D eigenvalue weighted by atomic mass is 9.87. The van der Waals surface area contributed by atoms with Crippen LogP contribution in [0, 0.1) is 6.92 Å². The maximum Gasteiger partial charge on any atom is 0.260 e. The molecule has 3 heteroatoms.